The summed E-state index contributed by atoms with van der Waals surface area (Å²) in [6.45, 7) is 3.90. The van der Waals surface area contributed by atoms with Gasteiger partial charge < -0.3 is 4.74 Å². The second-order valence-corrected chi connectivity index (χ2v) is 5.35. The minimum absolute atomic E-state index is 0.168. The summed E-state index contributed by atoms with van der Waals surface area (Å²) in [5, 5.41) is 0. The zero-order chi connectivity index (χ0) is 9.03. The lowest BCUT2D eigenvalue weighted by molar-refractivity contribution is 0.196. The predicted molar refractivity (Wildman–Crippen MR) is 47.5 cm³/mol. The lowest BCUT2D eigenvalue weighted by Gasteiger charge is -2.20. The van der Waals surface area contributed by atoms with Gasteiger partial charge in [0.25, 0.3) is 0 Å². The van der Waals surface area contributed by atoms with Gasteiger partial charge >= 0.3 is 0 Å². The summed E-state index contributed by atoms with van der Waals surface area (Å²) in [5.41, 5.74) is 0. The molecular weight excluding hydrogens is 176 g/mol. The molecule has 1 saturated heterocycles. The van der Waals surface area contributed by atoms with E-state index in [0.717, 1.165) is 12.8 Å². The highest BCUT2D eigenvalue weighted by molar-refractivity contribution is 7.91. The van der Waals surface area contributed by atoms with Crippen LogP contribution in [0.15, 0.2) is 12.8 Å². The molecule has 0 aromatic heterocycles. The highest BCUT2D eigenvalue weighted by Crippen LogP contribution is 2.18. The molecule has 1 aliphatic rings. The van der Waals surface area contributed by atoms with Crippen LogP contribution in [0.1, 0.15) is 12.8 Å². The maximum absolute atomic E-state index is 11.1. The summed E-state index contributed by atoms with van der Waals surface area (Å²) in [6, 6.07) is 0. The molecule has 1 heterocycles. The summed E-state index contributed by atoms with van der Waals surface area (Å²) >= 11 is 0. The summed E-state index contributed by atoms with van der Waals surface area (Å²) in [6.07, 6.45) is 3.09. The smallest absolute Gasteiger partial charge is 0.150 e. The van der Waals surface area contributed by atoms with Gasteiger partial charge in [-0.1, -0.05) is 6.58 Å². The standard InChI is InChI=1S/C8H14O3S/c1-2-11-6-8-4-3-5-12(9,10)7-8/h2,8H,1,3-7H2. The maximum Gasteiger partial charge on any atom is 0.150 e. The van der Waals surface area contributed by atoms with E-state index in [1.165, 1.54) is 6.26 Å². The number of rotatable bonds is 3. The van der Waals surface area contributed by atoms with Gasteiger partial charge in [-0.2, -0.15) is 0 Å². The van der Waals surface area contributed by atoms with Crippen molar-refractivity contribution >= 4 is 9.84 Å². The molecule has 3 nitrogen and oxygen atoms in total. The molecule has 0 saturated carbocycles. The quantitative estimate of drug-likeness (QED) is 0.623. The Morgan fingerprint density at radius 2 is 2.33 bits per heavy atom. The average Bonchev–Trinajstić information content (AvgIpc) is 1.99. The third-order valence-corrected chi connectivity index (χ3v) is 3.90. The van der Waals surface area contributed by atoms with Crippen LogP contribution >= 0.6 is 0 Å². The van der Waals surface area contributed by atoms with E-state index in [-0.39, 0.29) is 11.7 Å². The van der Waals surface area contributed by atoms with Crippen LogP contribution in [0.4, 0.5) is 0 Å². The van der Waals surface area contributed by atoms with Gasteiger partial charge in [-0.3, -0.25) is 0 Å². The fourth-order valence-corrected chi connectivity index (χ4v) is 3.21. The third-order valence-electron chi connectivity index (χ3n) is 2.01. The number of ether oxygens (including phenoxy) is 1. The molecule has 1 aliphatic heterocycles. The molecule has 0 amide bonds. The Morgan fingerprint density at radius 1 is 1.58 bits per heavy atom. The second kappa shape index (κ2) is 3.94. The normalized spacial score (nSPS) is 27.8. The van der Waals surface area contributed by atoms with Gasteiger partial charge in [-0.25, -0.2) is 8.42 Å². The van der Waals surface area contributed by atoms with Crippen LogP contribution in [0.3, 0.4) is 0 Å². The van der Waals surface area contributed by atoms with Crippen molar-refractivity contribution in [2.24, 2.45) is 5.92 Å². The van der Waals surface area contributed by atoms with Crippen molar-refractivity contribution < 1.29 is 13.2 Å². The zero-order valence-corrected chi connectivity index (χ0v) is 7.85. The van der Waals surface area contributed by atoms with Crippen molar-refractivity contribution in [1.29, 1.82) is 0 Å². The summed E-state index contributed by atoms with van der Waals surface area (Å²) in [5.74, 6) is 0.792. The third kappa shape index (κ3) is 2.85. The fraction of sp³-hybridized carbons (Fsp3) is 0.750. The van der Waals surface area contributed by atoms with Crippen LogP contribution in [0.5, 0.6) is 0 Å². The molecule has 0 spiro atoms. The van der Waals surface area contributed by atoms with Gasteiger partial charge in [-0.05, 0) is 12.8 Å². The molecule has 0 radical (unpaired) electrons. The minimum Gasteiger partial charge on any atom is -0.501 e. The van der Waals surface area contributed by atoms with E-state index >= 15 is 0 Å². The van der Waals surface area contributed by atoms with Crippen molar-refractivity contribution in [3.63, 3.8) is 0 Å². The highest BCUT2D eigenvalue weighted by atomic mass is 32.2. The van der Waals surface area contributed by atoms with E-state index in [0.29, 0.717) is 12.4 Å². The number of hydrogen-bond acceptors (Lipinski definition) is 3. The summed E-state index contributed by atoms with van der Waals surface area (Å²) < 4.78 is 27.3. The Bertz CT molecular complexity index is 243. The van der Waals surface area contributed by atoms with Crippen molar-refractivity contribution in [2.75, 3.05) is 18.1 Å². The molecule has 0 aliphatic carbocycles. The maximum atomic E-state index is 11.1. The van der Waals surface area contributed by atoms with Gasteiger partial charge in [0.15, 0.2) is 9.84 Å². The summed E-state index contributed by atoms with van der Waals surface area (Å²) in [4.78, 5) is 0. The van der Waals surface area contributed by atoms with E-state index in [2.05, 4.69) is 6.58 Å². The molecule has 1 rings (SSSR count). The van der Waals surface area contributed by atoms with Gasteiger partial charge in [-0.15, -0.1) is 0 Å². The van der Waals surface area contributed by atoms with E-state index in [1.54, 1.807) is 0 Å². The Hall–Kier alpha value is -0.510. The van der Waals surface area contributed by atoms with Crippen molar-refractivity contribution in [3.05, 3.63) is 12.8 Å². The predicted octanol–water partition coefficient (Wildman–Crippen LogP) is 0.971. The first kappa shape index (κ1) is 9.58. The van der Waals surface area contributed by atoms with E-state index in [9.17, 15) is 8.42 Å². The van der Waals surface area contributed by atoms with E-state index < -0.39 is 9.84 Å². The van der Waals surface area contributed by atoms with Crippen LogP contribution in [0.2, 0.25) is 0 Å². The second-order valence-electron chi connectivity index (χ2n) is 3.12. The Labute approximate surface area is 73.3 Å². The molecule has 1 fully saturated rings. The highest BCUT2D eigenvalue weighted by Gasteiger charge is 2.24. The lowest BCUT2D eigenvalue weighted by atomic mass is 10.1. The van der Waals surface area contributed by atoms with Gasteiger partial charge in [0.2, 0.25) is 0 Å². The average molecular weight is 190 g/mol. The van der Waals surface area contributed by atoms with Crippen LogP contribution in [0.25, 0.3) is 0 Å². The first-order valence-electron chi connectivity index (χ1n) is 4.07. The lowest BCUT2D eigenvalue weighted by Crippen LogP contribution is -2.27. The largest absolute Gasteiger partial charge is 0.501 e. The first-order chi connectivity index (χ1) is 5.64. The topological polar surface area (TPSA) is 43.4 Å². The molecule has 0 bridgehead atoms. The minimum atomic E-state index is -2.78. The Morgan fingerprint density at radius 3 is 2.92 bits per heavy atom. The SMILES string of the molecule is C=COCC1CCCS(=O)(=O)C1. The molecule has 0 aromatic carbocycles. The van der Waals surface area contributed by atoms with Gasteiger partial charge in [0.05, 0.1) is 24.4 Å². The number of sulfone groups is 1. The molecule has 70 valence electrons. The first-order valence-corrected chi connectivity index (χ1v) is 5.89. The zero-order valence-electron chi connectivity index (χ0n) is 7.03. The van der Waals surface area contributed by atoms with Crippen LogP contribution in [-0.2, 0) is 14.6 Å². The van der Waals surface area contributed by atoms with E-state index in [4.69, 9.17) is 4.74 Å². The van der Waals surface area contributed by atoms with Crippen molar-refractivity contribution in [2.45, 2.75) is 12.8 Å². The number of hydrogen-bond donors (Lipinski definition) is 0. The van der Waals surface area contributed by atoms with E-state index in [1.807, 2.05) is 0 Å². The molecule has 1 unspecified atom stereocenters. The molecule has 4 heteroatoms. The fourth-order valence-electron chi connectivity index (χ4n) is 1.45. The monoisotopic (exact) mass is 190 g/mol. The van der Waals surface area contributed by atoms with Crippen LogP contribution in [-0.4, -0.2) is 26.5 Å². The molecule has 12 heavy (non-hydrogen) atoms. The molecular formula is C8H14O3S. The van der Waals surface area contributed by atoms with Crippen molar-refractivity contribution in [3.8, 4) is 0 Å². The van der Waals surface area contributed by atoms with Crippen LogP contribution < -0.4 is 0 Å². The van der Waals surface area contributed by atoms with Crippen LogP contribution in [0, 0.1) is 5.92 Å². The molecule has 0 aromatic rings. The Balaban J connectivity index is 2.41. The molecule has 0 N–H and O–H groups in total. The molecule has 1 atom stereocenters. The van der Waals surface area contributed by atoms with Crippen molar-refractivity contribution in [1.82, 2.24) is 0 Å². The van der Waals surface area contributed by atoms with Gasteiger partial charge in [0, 0.05) is 5.92 Å². The Kier molecular flexibility index (Phi) is 3.14. The summed E-state index contributed by atoms with van der Waals surface area (Å²) in [7, 11) is -2.78. The van der Waals surface area contributed by atoms with Gasteiger partial charge in [0.1, 0.15) is 0 Å².